The molecule has 3 aliphatic rings. The topological polar surface area (TPSA) is 109 Å². The number of amides is 1. The molecule has 10 heteroatoms. The van der Waals surface area contributed by atoms with Crippen molar-refractivity contribution in [2.24, 2.45) is 0 Å². The third-order valence-corrected chi connectivity index (χ3v) is 6.27. The Morgan fingerprint density at radius 3 is 2.77 bits per heavy atom. The lowest BCUT2D eigenvalue weighted by Crippen LogP contribution is -2.71. The molecule has 3 aromatic rings. The first kappa shape index (κ1) is 18.4. The second kappa shape index (κ2) is 6.81. The molecule has 6 rings (SSSR count). The van der Waals surface area contributed by atoms with Gasteiger partial charge in [-0.2, -0.15) is 9.61 Å². The average Bonchev–Trinajstić information content (AvgIpc) is 3.41. The summed E-state index contributed by atoms with van der Waals surface area (Å²) in [6.45, 7) is 2.52. The third kappa shape index (κ3) is 3.05. The van der Waals surface area contributed by atoms with Crippen LogP contribution in [0, 0.1) is 0 Å². The van der Waals surface area contributed by atoms with Crippen molar-refractivity contribution in [3.8, 4) is 0 Å². The Morgan fingerprint density at radius 2 is 2.10 bits per heavy atom. The number of pyridine rings is 1. The van der Waals surface area contributed by atoms with Crippen LogP contribution in [0.2, 0.25) is 0 Å². The summed E-state index contributed by atoms with van der Waals surface area (Å²) in [5, 5.41) is 13.8. The van der Waals surface area contributed by atoms with Crippen LogP contribution >= 0.6 is 0 Å². The lowest BCUT2D eigenvalue weighted by Gasteiger charge is -2.58. The van der Waals surface area contributed by atoms with E-state index in [0.29, 0.717) is 22.8 Å². The van der Waals surface area contributed by atoms with Gasteiger partial charge >= 0.3 is 0 Å². The average molecular weight is 420 g/mol. The molecule has 10 nitrogen and oxygen atoms in total. The molecule has 0 atom stereocenters. The van der Waals surface area contributed by atoms with Gasteiger partial charge in [0, 0.05) is 25.7 Å². The standard InChI is InChI=1S/C21H24N8O2/c1-22-18-9-16(27-19-14(10-23-29(18)19)20(30)24-13-5-6-13)25-15-3-2-4-17(26-15)28-8-7-21(28)11-31-12-21/h2-4,9-10,13,22H,5-8,11-12H2,1H3,(H,24,30)(H,25,26,27). The molecule has 1 saturated carbocycles. The van der Waals surface area contributed by atoms with Crippen molar-refractivity contribution < 1.29 is 9.53 Å². The summed E-state index contributed by atoms with van der Waals surface area (Å²) in [7, 11) is 1.81. The van der Waals surface area contributed by atoms with Gasteiger partial charge in [0.2, 0.25) is 0 Å². The molecule has 1 aliphatic carbocycles. The van der Waals surface area contributed by atoms with E-state index < -0.39 is 0 Å². The van der Waals surface area contributed by atoms with Gasteiger partial charge in [0.05, 0.1) is 24.9 Å². The van der Waals surface area contributed by atoms with Gasteiger partial charge in [0.25, 0.3) is 5.91 Å². The van der Waals surface area contributed by atoms with Gasteiger partial charge in [-0.15, -0.1) is 0 Å². The largest absolute Gasteiger partial charge is 0.376 e. The summed E-state index contributed by atoms with van der Waals surface area (Å²) in [4.78, 5) is 24.4. The van der Waals surface area contributed by atoms with Crippen LogP contribution in [-0.4, -0.2) is 63.9 Å². The monoisotopic (exact) mass is 420 g/mol. The van der Waals surface area contributed by atoms with Crippen LogP contribution < -0.4 is 20.9 Å². The third-order valence-electron chi connectivity index (χ3n) is 6.27. The highest BCUT2D eigenvalue weighted by Crippen LogP contribution is 2.40. The first-order valence-corrected chi connectivity index (χ1v) is 10.6. The van der Waals surface area contributed by atoms with Crippen LogP contribution in [0.5, 0.6) is 0 Å². The molecular weight excluding hydrogens is 396 g/mol. The van der Waals surface area contributed by atoms with E-state index in [1.807, 2.05) is 31.3 Å². The number of nitrogens with zero attached hydrogens (tertiary/aromatic N) is 5. The minimum absolute atomic E-state index is 0.128. The fraction of sp³-hybridized carbons (Fsp3) is 0.429. The van der Waals surface area contributed by atoms with Gasteiger partial charge < -0.3 is 25.6 Å². The van der Waals surface area contributed by atoms with Crippen LogP contribution in [0.15, 0.2) is 30.5 Å². The molecule has 0 radical (unpaired) electrons. The highest BCUT2D eigenvalue weighted by atomic mass is 16.5. The maximum absolute atomic E-state index is 12.6. The van der Waals surface area contributed by atoms with Crippen LogP contribution in [-0.2, 0) is 4.74 Å². The van der Waals surface area contributed by atoms with Gasteiger partial charge in [0.1, 0.15) is 28.8 Å². The second-order valence-corrected chi connectivity index (χ2v) is 8.44. The maximum atomic E-state index is 12.6. The molecule has 3 aromatic heterocycles. The minimum Gasteiger partial charge on any atom is -0.376 e. The second-order valence-electron chi connectivity index (χ2n) is 8.44. The lowest BCUT2D eigenvalue weighted by atomic mass is 9.83. The van der Waals surface area contributed by atoms with Crippen molar-refractivity contribution in [2.75, 3.05) is 42.3 Å². The Kier molecular flexibility index (Phi) is 4.04. The number of anilines is 4. The zero-order chi connectivity index (χ0) is 21.0. The van der Waals surface area contributed by atoms with Crippen molar-refractivity contribution in [1.82, 2.24) is 24.9 Å². The number of carbonyl (C=O) groups is 1. The van der Waals surface area contributed by atoms with Crippen molar-refractivity contribution in [3.63, 3.8) is 0 Å². The highest BCUT2D eigenvalue weighted by Gasteiger charge is 2.51. The van der Waals surface area contributed by atoms with E-state index in [1.165, 1.54) is 0 Å². The van der Waals surface area contributed by atoms with Crippen molar-refractivity contribution in [2.45, 2.75) is 30.8 Å². The molecule has 1 spiro atoms. The zero-order valence-corrected chi connectivity index (χ0v) is 17.3. The molecule has 0 bridgehead atoms. The fourth-order valence-corrected chi connectivity index (χ4v) is 4.17. The highest BCUT2D eigenvalue weighted by molar-refractivity contribution is 6.00. The van der Waals surface area contributed by atoms with Crippen molar-refractivity contribution in [1.29, 1.82) is 0 Å². The van der Waals surface area contributed by atoms with E-state index in [1.54, 1.807) is 10.7 Å². The first-order chi connectivity index (χ1) is 15.1. The number of fused-ring (bicyclic) bond motifs is 1. The molecule has 2 saturated heterocycles. The van der Waals surface area contributed by atoms with E-state index in [4.69, 9.17) is 9.72 Å². The van der Waals surface area contributed by atoms with Crippen molar-refractivity contribution >= 4 is 34.8 Å². The molecule has 5 heterocycles. The van der Waals surface area contributed by atoms with Crippen molar-refractivity contribution in [3.05, 3.63) is 36.0 Å². The molecule has 160 valence electrons. The Balaban J connectivity index is 1.30. The van der Waals surface area contributed by atoms with E-state index in [-0.39, 0.29) is 17.5 Å². The summed E-state index contributed by atoms with van der Waals surface area (Å²) in [5.41, 5.74) is 1.09. The Morgan fingerprint density at radius 1 is 1.23 bits per heavy atom. The number of hydrogen-bond acceptors (Lipinski definition) is 8. The maximum Gasteiger partial charge on any atom is 0.256 e. The molecule has 31 heavy (non-hydrogen) atoms. The number of nitrogens with one attached hydrogen (secondary N) is 3. The normalized spacial score (nSPS) is 19.1. The predicted molar refractivity (Wildman–Crippen MR) is 116 cm³/mol. The summed E-state index contributed by atoms with van der Waals surface area (Å²) in [6.07, 6.45) is 4.76. The van der Waals surface area contributed by atoms with Gasteiger partial charge in [-0.1, -0.05) is 6.07 Å². The lowest BCUT2D eigenvalue weighted by molar-refractivity contribution is -0.0851. The van der Waals surface area contributed by atoms with E-state index >= 15 is 0 Å². The summed E-state index contributed by atoms with van der Waals surface area (Å²) in [5.74, 6) is 2.80. The zero-order valence-electron chi connectivity index (χ0n) is 17.3. The number of carbonyl (C=O) groups excluding carboxylic acids is 1. The molecule has 0 unspecified atom stereocenters. The SMILES string of the molecule is CNc1cc(Nc2cccc(N3CCC34COC4)n2)nc2c(C(=O)NC3CC3)cnn12. The number of aromatic nitrogens is 4. The van der Waals surface area contributed by atoms with E-state index in [2.05, 4.69) is 30.9 Å². The molecule has 2 aliphatic heterocycles. The molecular formula is C21H24N8O2. The van der Waals surface area contributed by atoms with E-state index in [9.17, 15) is 4.79 Å². The predicted octanol–water partition coefficient (Wildman–Crippen LogP) is 1.78. The van der Waals surface area contributed by atoms with Gasteiger partial charge in [0.15, 0.2) is 5.65 Å². The summed E-state index contributed by atoms with van der Waals surface area (Å²) >= 11 is 0. The van der Waals surface area contributed by atoms with Crippen LogP contribution in [0.1, 0.15) is 29.6 Å². The number of ether oxygens (including phenoxy) is 1. The van der Waals surface area contributed by atoms with Gasteiger partial charge in [-0.3, -0.25) is 4.79 Å². The van der Waals surface area contributed by atoms with Gasteiger partial charge in [-0.25, -0.2) is 9.97 Å². The first-order valence-electron chi connectivity index (χ1n) is 10.6. The quantitative estimate of drug-likeness (QED) is 0.554. The Bertz CT molecular complexity index is 1160. The van der Waals surface area contributed by atoms with Gasteiger partial charge in [-0.05, 0) is 31.4 Å². The summed E-state index contributed by atoms with van der Waals surface area (Å²) < 4.78 is 7.07. The number of rotatable bonds is 6. The molecule has 1 amide bonds. The summed E-state index contributed by atoms with van der Waals surface area (Å²) in [6, 6.07) is 8.04. The molecule has 0 aromatic carbocycles. The van der Waals surface area contributed by atoms with Crippen LogP contribution in [0.25, 0.3) is 5.65 Å². The minimum atomic E-state index is -0.143. The van der Waals surface area contributed by atoms with Crippen LogP contribution in [0.3, 0.4) is 0 Å². The Labute approximate surface area is 179 Å². The van der Waals surface area contributed by atoms with E-state index in [0.717, 1.165) is 50.7 Å². The van der Waals surface area contributed by atoms with Crippen LogP contribution in [0.4, 0.5) is 23.3 Å². The number of hydrogen-bond donors (Lipinski definition) is 3. The molecule has 3 fully saturated rings. The Hall–Kier alpha value is -3.40. The molecule has 3 N–H and O–H groups in total. The fourth-order valence-electron chi connectivity index (χ4n) is 4.17. The smallest absolute Gasteiger partial charge is 0.256 e.